The number of aromatic hydroxyl groups is 1. The molecule has 3 aromatic rings. The van der Waals surface area contributed by atoms with Gasteiger partial charge >= 0.3 is 0 Å². The molecule has 0 radical (unpaired) electrons. The summed E-state index contributed by atoms with van der Waals surface area (Å²) in [6, 6.07) is 15.0. The average molecular weight is 251 g/mol. The summed E-state index contributed by atoms with van der Waals surface area (Å²) in [5, 5.41) is 9.68. The molecule has 0 bridgehead atoms. The van der Waals surface area contributed by atoms with Crippen molar-refractivity contribution >= 4 is 23.2 Å². The number of aromatic nitrogens is 2. The molecule has 1 N–H and O–H groups in total. The van der Waals surface area contributed by atoms with Gasteiger partial charge in [0.25, 0.3) is 0 Å². The van der Waals surface area contributed by atoms with Crippen LogP contribution in [0.5, 0.6) is 5.75 Å². The minimum absolute atomic E-state index is 0.213. The molecular weight excluding hydrogens is 238 g/mol. The molecule has 3 rings (SSSR count). The highest BCUT2D eigenvalue weighted by molar-refractivity contribution is 5.86. The molecule has 0 amide bonds. The Labute approximate surface area is 110 Å². The third-order valence-electron chi connectivity index (χ3n) is 3.02. The van der Waals surface area contributed by atoms with Crippen molar-refractivity contribution in [2.75, 3.05) is 0 Å². The zero-order valence-electron chi connectivity index (χ0n) is 10.5. The second-order valence-corrected chi connectivity index (χ2v) is 4.28. The number of phenols is 1. The second kappa shape index (κ2) is 4.57. The summed E-state index contributed by atoms with van der Waals surface area (Å²) in [6.07, 6.45) is 1.62. The third kappa shape index (κ3) is 2.08. The largest absolute Gasteiger partial charge is 0.507 e. The van der Waals surface area contributed by atoms with Crippen molar-refractivity contribution in [1.29, 1.82) is 0 Å². The van der Waals surface area contributed by atoms with Gasteiger partial charge in [-0.2, -0.15) is 0 Å². The maximum Gasteiger partial charge on any atom is 0.230 e. The molecule has 0 spiro atoms. The molecule has 0 fully saturated rings. The molecule has 4 heteroatoms. The number of para-hydroxylation sites is 3. The van der Waals surface area contributed by atoms with Gasteiger partial charge in [0.15, 0.2) is 0 Å². The van der Waals surface area contributed by atoms with Crippen LogP contribution in [0.1, 0.15) is 5.56 Å². The maximum atomic E-state index is 9.68. The van der Waals surface area contributed by atoms with E-state index in [0.717, 1.165) is 11.0 Å². The first kappa shape index (κ1) is 11.5. The lowest BCUT2D eigenvalue weighted by molar-refractivity contribution is 0.474. The first-order chi connectivity index (χ1) is 9.25. The monoisotopic (exact) mass is 251 g/mol. The fourth-order valence-corrected chi connectivity index (χ4v) is 1.97. The van der Waals surface area contributed by atoms with Crippen molar-refractivity contribution in [2.24, 2.45) is 12.0 Å². The van der Waals surface area contributed by atoms with Crippen LogP contribution in [0.15, 0.2) is 53.5 Å². The fourth-order valence-electron chi connectivity index (χ4n) is 1.97. The van der Waals surface area contributed by atoms with E-state index in [1.165, 1.54) is 0 Å². The molecular formula is C15H13N3O. The van der Waals surface area contributed by atoms with E-state index in [0.29, 0.717) is 11.5 Å². The van der Waals surface area contributed by atoms with E-state index < -0.39 is 0 Å². The van der Waals surface area contributed by atoms with Crippen LogP contribution in [-0.4, -0.2) is 20.9 Å². The number of hydrogen-bond donors (Lipinski definition) is 1. The molecule has 0 saturated heterocycles. The Bertz CT molecular complexity index is 759. The Hall–Kier alpha value is -2.62. The number of phenolic OH excluding ortho intramolecular Hbond substituents is 1. The number of hydrogen-bond acceptors (Lipinski definition) is 3. The highest BCUT2D eigenvalue weighted by Gasteiger charge is 2.05. The van der Waals surface area contributed by atoms with Gasteiger partial charge < -0.3 is 9.67 Å². The van der Waals surface area contributed by atoms with Gasteiger partial charge in [-0.1, -0.05) is 24.3 Å². The molecule has 1 heterocycles. The van der Waals surface area contributed by atoms with Crippen LogP contribution in [0.4, 0.5) is 5.95 Å². The van der Waals surface area contributed by atoms with E-state index in [2.05, 4.69) is 9.98 Å². The van der Waals surface area contributed by atoms with Gasteiger partial charge in [-0.3, -0.25) is 0 Å². The topological polar surface area (TPSA) is 50.4 Å². The maximum absolute atomic E-state index is 9.68. The molecule has 4 nitrogen and oxygen atoms in total. The summed E-state index contributed by atoms with van der Waals surface area (Å²) in [5.41, 5.74) is 2.62. The number of benzene rings is 2. The van der Waals surface area contributed by atoms with Gasteiger partial charge in [-0.25, -0.2) is 9.98 Å². The van der Waals surface area contributed by atoms with Gasteiger partial charge in [-0.15, -0.1) is 0 Å². The minimum atomic E-state index is 0.213. The van der Waals surface area contributed by atoms with Crippen LogP contribution < -0.4 is 0 Å². The summed E-state index contributed by atoms with van der Waals surface area (Å²) < 4.78 is 1.92. The van der Waals surface area contributed by atoms with Gasteiger partial charge in [0, 0.05) is 18.8 Å². The lowest BCUT2D eigenvalue weighted by Crippen LogP contribution is -1.87. The number of imidazole rings is 1. The lowest BCUT2D eigenvalue weighted by Gasteiger charge is -1.98. The molecule has 94 valence electrons. The van der Waals surface area contributed by atoms with Gasteiger partial charge in [0.05, 0.1) is 11.0 Å². The molecule has 2 aromatic carbocycles. The van der Waals surface area contributed by atoms with Crippen molar-refractivity contribution in [3.05, 3.63) is 54.1 Å². The Balaban J connectivity index is 2.02. The minimum Gasteiger partial charge on any atom is -0.507 e. The Morgan fingerprint density at radius 1 is 1.11 bits per heavy atom. The fraction of sp³-hybridized carbons (Fsp3) is 0.0667. The Morgan fingerprint density at radius 2 is 1.84 bits per heavy atom. The molecule has 0 aliphatic carbocycles. The highest BCUT2D eigenvalue weighted by atomic mass is 16.3. The standard InChI is InChI=1S/C15H13N3O/c1-18-13-8-4-3-7-12(13)17-15(18)16-10-11-6-2-5-9-14(11)19/h2-10,19H,1H3. The van der Waals surface area contributed by atoms with Crippen LogP contribution >= 0.6 is 0 Å². The summed E-state index contributed by atoms with van der Waals surface area (Å²) >= 11 is 0. The first-order valence-electron chi connectivity index (χ1n) is 5.99. The van der Waals surface area contributed by atoms with E-state index in [9.17, 15) is 5.11 Å². The Kier molecular flexibility index (Phi) is 2.76. The molecule has 0 atom stereocenters. The van der Waals surface area contributed by atoms with Crippen LogP contribution in [0, 0.1) is 0 Å². The normalized spacial score (nSPS) is 11.4. The number of nitrogens with zero attached hydrogens (tertiary/aromatic N) is 3. The van der Waals surface area contributed by atoms with Crippen molar-refractivity contribution in [3.8, 4) is 5.75 Å². The quantitative estimate of drug-likeness (QED) is 0.712. The molecule has 0 aliphatic heterocycles. The average Bonchev–Trinajstić information content (AvgIpc) is 2.75. The summed E-state index contributed by atoms with van der Waals surface area (Å²) in [4.78, 5) is 8.78. The highest BCUT2D eigenvalue weighted by Crippen LogP contribution is 2.20. The summed E-state index contributed by atoms with van der Waals surface area (Å²) in [6.45, 7) is 0. The molecule has 0 unspecified atom stereocenters. The van der Waals surface area contributed by atoms with Gasteiger partial charge in [0.1, 0.15) is 5.75 Å². The summed E-state index contributed by atoms with van der Waals surface area (Å²) in [5.74, 6) is 0.828. The number of aliphatic imine (C=N–C) groups is 1. The van der Waals surface area contributed by atoms with Crippen molar-refractivity contribution < 1.29 is 5.11 Å². The van der Waals surface area contributed by atoms with E-state index in [1.807, 2.05) is 48.0 Å². The predicted octanol–water partition coefficient (Wildman–Crippen LogP) is 3.03. The van der Waals surface area contributed by atoms with E-state index >= 15 is 0 Å². The van der Waals surface area contributed by atoms with Crippen LogP contribution in [-0.2, 0) is 7.05 Å². The molecule has 0 saturated carbocycles. The van der Waals surface area contributed by atoms with Crippen molar-refractivity contribution in [2.45, 2.75) is 0 Å². The van der Waals surface area contributed by atoms with Crippen molar-refractivity contribution in [1.82, 2.24) is 9.55 Å². The molecule has 1 aromatic heterocycles. The first-order valence-corrected chi connectivity index (χ1v) is 5.99. The van der Waals surface area contributed by atoms with Crippen molar-refractivity contribution in [3.63, 3.8) is 0 Å². The zero-order chi connectivity index (χ0) is 13.2. The number of rotatable bonds is 2. The van der Waals surface area contributed by atoms with Gasteiger partial charge in [-0.05, 0) is 24.3 Å². The van der Waals surface area contributed by atoms with Crippen LogP contribution in [0.3, 0.4) is 0 Å². The molecule has 0 aliphatic rings. The summed E-state index contributed by atoms with van der Waals surface area (Å²) in [7, 11) is 1.92. The van der Waals surface area contributed by atoms with Crippen LogP contribution in [0.2, 0.25) is 0 Å². The third-order valence-corrected chi connectivity index (χ3v) is 3.02. The second-order valence-electron chi connectivity index (χ2n) is 4.28. The zero-order valence-corrected chi connectivity index (χ0v) is 10.5. The SMILES string of the molecule is Cn1c(N=Cc2ccccc2O)nc2ccccc21. The van der Waals surface area contributed by atoms with E-state index in [-0.39, 0.29) is 5.75 Å². The number of aryl methyl sites for hydroxylation is 1. The Morgan fingerprint density at radius 3 is 2.63 bits per heavy atom. The van der Waals surface area contributed by atoms with E-state index in [4.69, 9.17) is 0 Å². The predicted molar refractivity (Wildman–Crippen MR) is 76.1 cm³/mol. The molecule has 19 heavy (non-hydrogen) atoms. The smallest absolute Gasteiger partial charge is 0.230 e. The van der Waals surface area contributed by atoms with E-state index in [1.54, 1.807) is 18.3 Å². The van der Waals surface area contributed by atoms with Crippen LogP contribution in [0.25, 0.3) is 11.0 Å². The number of fused-ring (bicyclic) bond motifs is 1. The van der Waals surface area contributed by atoms with Gasteiger partial charge in [0.2, 0.25) is 5.95 Å². The lowest BCUT2D eigenvalue weighted by atomic mass is 10.2.